The molecule has 0 spiro atoms. The van der Waals surface area contributed by atoms with Gasteiger partial charge in [0.05, 0.1) is 11.5 Å². The van der Waals surface area contributed by atoms with E-state index in [1.807, 2.05) is 11.6 Å². The van der Waals surface area contributed by atoms with Crippen LogP contribution in [-0.2, 0) is 34.5 Å². The van der Waals surface area contributed by atoms with Crippen molar-refractivity contribution in [1.82, 2.24) is 14.8 Å². The van der Waals surface area contributed by atoms with E-state index in [0.29, 0.717) is 12.2 Å². The average molecular weight is 394 g/mol. The van der Waals surface area contributed by atoms with Crippen molar-refractivity contribution < 1.29 is 8.42 Å². The first kappa shape index (κ1) is 19.4. The van der Waals surface area contributed by atoms with Gasteiger partial charge >= 0.3 is 0 Å². The lowest BCUT2D eigenvalue weighted by atomic mass is 9.87. The van der Waals surface area contributed by atoms with Crippen molar-refractivity contribution in [1.29, 1.82) is 0 Å². The molecule has 0 aliphatic carbocycles. The van der Waals surface area contributed by atoms with Gasteiger partial charge in [-0.1, -0.05) is 56.8 Å². The number of rotatable bonds is 5. The quantitative estimate of drug-likeness (QED) is 0.729. The van der Waals surface area contributed by atoms with Crippen LogP contribution >= 0.6 is 11.8 Å². The van der Waals surface area contributed by atoms with Crippen LogP contribution in [0.1, 0.15) is 44.1 Å². The molecule has 3 rings (SSSR count). The van der Waals surface area contributed by atoms with E-state index < -0.39 is 9.84 Å². The van der Waals surface area contributed by atoms with Gasteiger partial charge in [0.1, 0.15) is 5.82 Å². The monoisotopic (exact) mass is 393 g/mol. The molecule has 1 fully saturated rings. The maximum atomic E-state index is 11.6. The van der Waals surface area contributed by atoms with Crippen LogP contribution in [0.2, 0.25) is 0 Å². The van der Waals surface area contributed by atoms with Gasteiger partial charge in [0.15, 0.2) is 15.0 Å². The normalized spacial score (nSPS) is 19.8. The number of sulfone groups is 1. The highest BCUT2D eigenvalue weighted by atomic mass is 32.2. The van der Waals surface area contributed by atoms with Gasteiger partial charge in [-0.25, -0.2) is 8.42 Å². The molecule has 2 heterocycles. The lowest BCUT2D eigenvalue weighted by molar-refractivity contribution is 0.552. The van der Waals surface area contributed by atoms with Gasteiger partial charge in [0.2, 0.25) is 0 Å². The van der Waals surface area contributed by atoms with Gasteiger partial charge < -0.3 is 4.57 Å². The minimum atomic E-state index is -2.84. The maximum Gasteiger partial charge on any atom is 0.191 e. The van der Waals surface area contributed by atoms with Crippen molar-refractivity contribution in [2.24, 2.45) is 13.0 Å². The van der Waals surface area contributed by atoms with Crippen LogP contribution in [0.3, 0.4) is 0 Å². The van der Waals surface area contributed by atoms with Gasteiger partial charge in [0.25, 0.3) is 0 Å². The second-order valence-corrected chi connectivity index (χ2v) is 11.3. The summed E-state index contributed by atoms with van der Waals surface area (Å²) in [5.74, 6) is 2.47. The molecule has 0 N–H and O–H groups in total. The molecule has 1 aromatic heterocycles. The number of benzene rings is 1. The van der Waals surface area contributed by atoms with E-state index in [0.717, 1.165) is 23.2 Å². The Labute approximate surface area is 160 Å². The van der Waals surface area contributed by atoms with E-state index in [-0.39, 0.29) is 17.1 Å². The average Bonchev–Trinajstić information content (AvgIpc) is 3.08. The Morgan fingerprint density at radius 1 is 1.19 bits per heavy atom. The lowest BCUT2D eigenvalue weighted by Gasteiger charge is -2.19. The van der Waals surface area contributed by atoms with Crippen molar-refractivity contribution in [2.75, 3.05) is 11.5 Å². The standard InChI is InChI=1S/C19H27N3O2S2/c1-19(2,3)16-7-5-14(6-8-16)12-25-18-21-20-17(22(18)4)11-15-9-10-26(23,24)13-15/h5-8,15H,9-13H2,1-4H3. The molecule has 1 saturated heterocycles. The Morgan fingerprint density at radius 2 is 1.88 bits per heavy atom. The van der Waals surface area contributed by atoms with Crippen LogP contribution in [0.4, 0.5) is 0 Å². The Balaban J connectivity index is 1.60. The van der Waals surface area contributed by atoms with E-state index in [1.165, 1.54) is 11.1 Å². The van der Waals surface area contributed by atoms with Crippen LogP contribution in [0, 0.1) is 5.92 Å². The summed E-state index contributed by atoms with van der Waals surface area (Å²) in [4.78, 5) is 0. The first-order valence-electron chi connectivity index (χ1n) is 8.95. The van der Waals surface area contributed by atoms with Gasteiger partial charge in [-0.3, -0.25) is 0 Å². The first-order valence-corrected chi connectivity index (χ1v) is 11.8. The fourth-order valence-electron chi connectivity index (χ4n) is 3.19. The molecule has 26 heavy (non-hydrogen) atoms. The summed E-state index contributed by atoms with van der Waals surface area (Å²) in [6, 6.07) is 8.74. The topological polar surface area (TPSA) is 64.8 Å². The first-order chi connectivity index (χ1) is 12.1. The zero-order valence-electron chi connectivity index (χ0n) is 15.9. The molecular formula is C19H27N3O2S2. The fourth-order valence-corrected chi connectivity index (χ4v) is 5.94. The minimum absolute atomic E-state index is 0.165. The van der Waals surface area contributed by atoms with Crippen LogP contribution in [0.15, 0.2) is 29.4 Å². The Bertz CT molecular complexity index is 865. The molecule has 0 amide bonds. The number of aromatic nitrogens is 3. The van der Waals surface area contributed by atoms with Gasteiger partial charge in [0, 0.05) is 19.2 Å². The fraction of sp³-hybridized carbons (Fsp3) is 0.579. The molecule has 0 saturated carbocycles. The zero-order valence-corrected chi connectivity index (χ0v) is 17.5. The molecule has 5 nitrogen and oxygen atoms in total. The third-order valence-corrected chi connectivity index (χ3v) is 7.84. The zero-order chi connectivity index (χ0) is 18.9. The van der Waals surface area contributed by atoms with E-state index in [2.05, 4.69) is 55.2 Å². The molecule has 1 atom stereocenters. The number of hydrogen-bond donors (Lipinski definition) is 0. The summed E-state index contributed by atoms with van der Waals surface area (Å²) in [7, 11) is -0.883. The second-order valence-electron chi connectivity index (χ2n) is 8.17. The lowest BCUT2D eigenvalue weighted by Crippen LogP contribution is -2.11. The number of thioether (sulfide) groups is 1. The molecule has 1 aliphatic rings. The summed E-state index contributed by atoms with van der Waals surface area (Å²) in [6.45, 7) is 6.65. The summed E-state index contributed by atoms with van der Waals surface area (Å²) in [5.41, 5.74) is 2.76. The summed E-state index contributed by atoms with van der Waals surface area (Å²) < 4.78 is 25.2. The Hall–Kier alpha value is -1.34. The van der Waals surface area contributed by atoms with Crippen molar-refractivity contribution in [3.05, 3.63) is 41.2 Å². The van der Waals surface area contributed by atoms with Crippen molar-refractivity contribution in [2.45, 2.75) is 49.9 Å². The largest absolute Gasteiger partial charge is 0.309 e. The van der Waals surface area contributed by atoms with Crippen LogP contribution in [0.5, 0.6) is 0 Å². The number of hydrogen-bond acceptors (Lipinski definition) is 5. The van der Waals surface area contributed by atoms with Crippen molar-refractivity contribution in [3.63, 3.8) is 0 Å². The number of nitrogens with zero attached hydrogens (tertiary/aromatic N) is 3. The highest BCUT2D eigenvalue weighted by Crippen LogP contribution is 2.27. The molecule has 1 aromatic carbocycles. The van der Waals surface area contributed by atoms with E-state index in [9.17, 15) is 8.42 Å². The molecule has 1 aliphatic heterocycles. The third-order valence-electron chi connectivity index (χ3n) is 4.91. The SMILES string of the molecule is Cn1c(CC2CCS(=O)(=O)C2)nnc1SCc1ccc(C(C)(C)C)cc1. The molecule has 0 bridgehead atoms. The van der Waals surface area contributed by atoms with Crippen molar-refractivity contribution >= 4 is 21.6 Å². The molecule has 0 radical (unpaired) electrons. The molecular weight excluding hydrogens is 366 g/mol. The summed E-state index contributed by atoms with van der Waals surface area (Å²) in [5, 5.41) is 9.45. The molecule has 7 heteroatoms. The highest BCUT2D eigenvalue weighted by Gasteiger charge is 2.29. The van der Waals surface area contributed by atoms with Crippen LogP contribution in [-0.4, -0.2) is 34.7 Å². The van der Waals surface area contributed by atoms with Crippen LogP contribution < -0.4 is 0 Å². The van der Waals surface area contributed by atoms with Gasteiger partial charge in [-0.05, 0) is 28.9 Å². The predicted molar refractivity (Wildman–Crippen MR) is 106 cm³/mol. The van der Waals surface area contributed by atoms with E-state index in [1.54, 1.807) is 11.8 Å². The molecule has 1 unspecified atom stereocenters. The molecule has 142 valence electrons. The van der Waals surface area contributed by atoms with Gasteiger partial charge in [-0.2, -0.15) is 0 Å². The maximum absolute atomic E-state index is 11.6. The Morgan fingerprint density at radius 3 is 2.46 bits per heavy atom. The van der Waals surface area contributed by atoms with E-state index >= 15 is 0 Å². The smallest absolute Gasteiger partial charge is 0.191 e. The summed E-state index contributed by atoms with van der Waals surface area (Å²) in [6.07, 6.45) is 1.42. The molecule has 2 aromatic rings. The van der Waals surface area contributed by atoms with E-state index in [4.69, 9.17) is 0 Å². The summed E-state index contributed by atoms with van der Waals surface area (Å²) >= 11 is 1.66. The van der Waals surface area contributed by atoms with Crippen molar-refractivity contribution in [3.8, 4) is 0 Å². The Kier molecular flexibility index (Phi) is 5.49. The predicted octanol–water partition coefficient (Wildman–Crippen LogP) is 3.38. The minimum Gasteiger partial charge on any atom is -0.309 e. The van der Waals surface area contributed by atoms with Crippen LogP contribution in [0.25, 0.3) is 0 Å². The van der Waals surface area contributed by atoms with Gasteiger partial charge in [-0.15, -0.1) is 10.2 Å². The highest BCUT2D eigenvalue weighted by molar-refractivity contribution is 7.98. The third kappa shape index (κ3) is 4.68. The second kappa shape index (κ2) is 7.35.